The van der Waals surface area contributed by atoms with Crippen LogP contribution in [0, 0.1) is 5.92 Å². The van der Waals surface area contributed by atoms with Gasteiger partial charge in [0.25, 0.3) is 0 Å². The maximum Gasteiger partial charge on any atom is 0.0401 e. The molecule has 94 valence electrons. The molecule has 1 unspecified atom stereocenters. The Hall–Kier alpha value is -1.02. The van der Waals surface area contributed by atoms with Gasteiger partial charge >= 0.3 is 0 Å². The molecule has 17 heavy (non-hydrogen) atoms. The van der Waals surface area contributed by atoms with Crippen molar-refractivity contribution in [3.05, 3.63) is 29.8 Å². The molecule has 1 heterocycles. The van der Waals surface area contributed by atoms with Gasteiger partial charge in [-0.3, -0.25) is 0 Å². The normalized spacial score (nSPS) is 21.6. The molecular weight excluding hydrogens is 208 g/mol. The molecule has 1 atom stereocenters. The Bertz CT molecular complexity index is 360. The summed E-state index contributed by atoms with van der Waals surface area (Å²) in [4.78, 5) is 2.54. The quantitative estimate of drug-likeness (QED) is 0.843. The SMILES string of the molecule is CC1CNCCN(c2ccccc2C(C)C)C1. The average Bonchev–Trinajstić information content (AvgIpc) is 2.54. The molecule has 2 heteroatoms. The molecule has 1 N–H and O–H groups in total. The molecule has 0 spiro atoms. The summed E-state index contributed by atoms with van der Waals surface area (Å²) >= 11 is 0. The first-order valence-corrected chi connectivity index (χ1v) is 6.73. The molecule has 2 nitrogen and oxygen atoms in total. The molecular formula is C15H24N2. The largest absolute Gasteiger partial charge is 0.370 e. The van der Waals surface area contributed by atoms with Gasteiger partial charge in [0.1, 0.15) is 0 Å². The lowest BCUT2D eigenvalue weighted by Gasteiger charge is -2.28. The van der Waals surface area contributed by atoms with Gasteiger partial charge < -0.3 is 10.2 Å². The van der Waals surface area contributed by atoms with Crippen LogP contribution in [0.2, 0.25) is 0 Å². The molecule has 2 rings (SSSR count). The standard InChI is InChI=1S/C15H24N2/c1-12(2)14-6-4-5-7-15(14)17-9-8-16-10-13(3)11-17/h4-7,12-13,16H,8-11H2,1-3H3. The van der Waals surface area contributed by atoms with Gasteiger partial charge in [0.05, 0.1) is 0 Å². The minimum Gasteiger partial charge on any atom is -0.370 e. The molecule has 0 bridgehead atoms. The zero-order valence-electron chi connectivity index (χ0n) is 11.2. The van der Waals surface area contributed by atoms with E-state index in [2.05, 4.69) is 55.3 Å². The lowest BCUT2D eigenvalue weighted by atomic mass is 10.00. The van der Waals surface area contributed by atoms with Gasteiger partial charge in [0.15, 0.2) is 0 Å². The Labute approximate surface area is 105 Å². The van der Waals surface area contributed by atoms with E-state index in [1.165, 1.54) is 11.3 Å². The number of benzene rings is 1. The summed E-state index contributed by atoms with van der Waals surface area (Å²) in [6, 6.07) is 8.85. The zero-order chi connectivity index (χ0) is 12.3. The Morgan fingerprint density at radius 1 is 1.29 bits per heavy atom. The lowest BCUT2D eigenvalue weighted by molar-refractivity contribution is 0.563. The first kappa shape index (κ1) is 12.4. The topological polar surface area (TPSA) is 15.3 Å². The number of para-hydroxylation sites is 1. The minimum atomic E-state index is 0.595. The van der Waals surface area contributed by atoms with Crippen LogP contribution in [-0.2, 0) is 0 Å². The highest BCUT2D eigenvalue weighted by Crippen LogP contribution is 2.28. The Morgan fingerprint density at radius 3 is 2.82 bits per heavy atom. The number of nitrogens with zero attached hydrogens (tertiary/aromatic N) is 1. The van der Waals surface area contributed by atoms with Gasteiger partial charge in [0, 0.05) is 25.3 Å². The van der Waals surface area contributed by atoms with Gasteiger partial charge in [-0.1, -0.05) is 39.0 Å². The molecule has 1 aromatic rings. The molecule has 1 aliphatic heterocycles. The van der Waals surface area contributed by atoms with E-state index in [1.54, 1.807) is 0 Å². The monoisotopic (exact) mass is 232 g/mol. The van der Waals surface area contributed by atoms with Gasteiger partial charge in [0.2, 0.25) is 0 Å². The highest BCUT2D eigenvalue weighted by atomic mass is 15.2. The van der Waals surface area contributed by atoms with Crippen molar-refractivity contribution in [2.45, 2.75) is 26.7 Å². The van der Waals surface area contributed by atoms with E-state index in [-0.39, 0.29) is 0 Å². The van der Waals surface area contributed by atoms with Crippen LogP contribution in [0.4, 0.5) is 5.69 Å². The summed E-state index contributed by atoms with van der Waals surface area (Å²) in [5, 5.41) is 3.50. The molecule has 1 aliphatic rings. The van der Waals surface area contributed by atoms with Gasteiger partial charge in [-0.2, -0.15) is 0 Å². The summed E-state index contributed by atoms with van der Waals surface area (Å²) in [6.07, 6.45) is 0. The second-order valence-corrected chi connectivity index (χ2v) is 5.47. The molecule has 0 aromatic heterocycles. The highest BCUT2D eigenvalue weighted by Gasteiger charge is 2.17. The number of hydrogen-bond acceptors (Lipinski definition) is 2. The summed E-state index contributed by atoms with van der Waals surface area (Å²) < 4.78 is 0. The molecule has 0 radical (unpaired) electrons. The fourth-order valence-corrected chi connectivity index (χ4v) is 2.58. The summed E-state index contributed by atoms with van der Waals surface area (Å²) in [7, 11) is 0. The predicted octanol–water partition coefficient (Wildman–Crippen LogP) is 2.86. The highest BCUT2D eigenvalue weighted by molar-refractivity contribution is 5.55. The fourth-order valence-electron chi connectivity index (χ4n) is 2.58. The van der Waals surface area contributed by atoms with Crippen molar-refractivity contribution in [2.75, 3.05) is 31.1 Å². The van der Waals surface area contributed by atoms with Crippen LogP contribution in [0.5, 0.6) is 0 Å². The van der Waals surface area contributed by atoms with Crippen LogP contribution < -0.4 is 10.2 Å². The van der Waals surface area contributed by atoms with Crippen LogP contribution in [0.1, 0.15) is 32.3 Å². The summed E-state index contributed by atoms with van der Waals surface area (Å²) in [5.41, 5.74) is 2.90. The van der Waals surface area contributed by atoms with Crippen molar-refractivity contribution in [3.8, 4) is 0 Å². The molecule has 0 saturated carbocycles. The lowest BCUT2D eigenvalue weighted by Crippen LogP contribution is -2.30. The van der Waals surface area contributed by atoms with Crippen molar-refractivity contribution in [1.29, 1.82) is 0 Å². The number of hydrogen-bond donors (Lipinski definition) is 1. The van der Waals surface area contributed by atoms with Gasteiger partial charge in [-0.15, -0.1) is 0 Å². The summed E-state index contributed by atoms with van der Waals surface area (Å²) in [5.74, 6) is 1.32. The van der Waals surface area contributed by atoms with Crippen molar-refractivity contribution in [2.24, 2.45) is 5.92 Å². The maximum absolute atomic E-state index is 3.50. The number of rotatable bonds is 2. The number of nitrogens with one attached hydrogen (secondary N) is 1. The second kappa shape index (κ2) is 5.54. The molecule has 1 aromatic carbocycles. The van der Waals surface area contributed by atoms with Crippen molar-refractivity contribution < 1.29 is 0 Å². The van der Waals surface area contributed by atoms with E-state index in [4.69, 9.17) is 0 Å². The van der Waals surface area contributed by atoms with Crippen molar-refractivity contribution in [1.82, 2.24) is 5.32 Å². The van der Waals surface area contributed by atoms with E-state index in [9.17, 15) is 0 Å². The van der Waals surface area contributed by atoms with Crippen LogP contribution in [-0.4, -0.2) is 26.2 Å². The third kappa shape index (κ3) is 3.01. The van der Waals surface area contributed by atoms with Crippen LogP contribution >= 0.6 is 0 Å². The molecule has 1 fully saturated rings. The van der Waals surface area contributed by atoms with Crippen molar-refractivity contribution >= 4 is 5.69 Å². The first-order chi connectivity index (χ1) is 8.18. The van der Waals surface area contributed by atoms with Crippen LogP contribution in [0.3, 0.4) is 0 Å². The fraction of sp³-hybridized carbons (Fsp3) is 0.600. The van der Waals surface area contributed by atoms with E-state index < -0.39 is 0 Å². The van der Waals surface area contributed by atoms with E-state index in [0.29, 0.717) is 5.92 Å². The number of anilines is 1. The third-order valence-corrected chi connectivity index (χ3v) is 3.48. The van der Waals surface area contributed by atoms with Crippen molar-refractivity contribution in [3.63, 3.8) is 0 Å². The zero-order valence-corrected chi connectivity index (χ0v) is 11.2. The Kier molecular flexibility index (Phi) is 4.06. The first-order valence-electron chi connectivity index (χ1n) is 6.73. The Balaban J connectivity index is 2.25. The molecule has 0 aliphatic carbocycles. The van der Waals surface area contributed by atoms with E-state index in [0.717, 1.165) is 32.1 Å². The predicted molar refractivity (Wildman–Crippen MR) is 74.8 cm³/mol. The minimum absolute atomic E-state index is 0.595. The third-order valence-electron chi connectivity index (χ3n) is 3.48. The average molecular weight is 232 g/mol. The Morgan fingerprint density at radius 2 is 2.06 bits per heavy atom. The van der Waals surface area contributed by atoms with Gasteiger partial charge in [-0.25, -0.2) is 0 Å². The molecule has 0 amide bonds. The van der Waals surface area contributed by atoms with E-state index >= 15 is 0 Å². The maximum atomic E-state index is 3.50. The summed E-state index contributed by atoms with van der Waals surface area (Å²) in [6.45, 7) is 11.4. The van der Waals surface area contributed by atoms with Gasteiger partial charge in [-0.05, 0) is 30.0 Å². The molecule has 1 saturated heterocycles. The van der Waals surface area contributed by atoms with Crippen LogP contribution in [0.25, 0.3) is 0 Å². The van der Waals surface area contributed by atoms with E-state index in [1.807, 2.05) is 0 Å². The second-order valence-electron chi connectivity index (χ2n) is 5.47. The smallest absolute Gasteiger partial charge is 0.0401 e. The van der Waals surface area contributed by atoms with Crippen LogP contribution in [0.15, 0.2) is 24.3 Å².